The van der Waals surface area contributed by atoms with Gasteiger partial charge in [0, 0.05) is 31.3 Å². The highest BCUT2D eigenvalue weighted by molar-refractivity contribution is 6.04. The van der Waals surface area contributed by atoms with E-state index in [1.165, 1.54) is 12.1 Å². The molecular weight excluding hydrogens is 455 g/mol. The highest BCUT2D eigenvalue weighted by Crippen LogP contribution is 2.32. The summed E-state index contributed by atoms with van der Waals surface area (Å²) in [6.07, 6.45) is -4.14. The molecular formula is C22H24F3N5O4. The number of aromatic nitrogens is 2. The second kappa shape index (κ2) is 8.99. The van der Waals surface area contributed by atoms with Gasteiger partial charge < -0.3 is 20.3 Å². The van der Waals surface area contributed by atoms with Crippen molar-refractivity contribution in [2.75, 3.05) is 28.6 Å². The summed E-state index contributed by atoms with van der Waals surface area (Å²) in [5.74, 6) is -1.77. The number of anilines is 3. The topological polar surface area (TPSA) is 116 Å². The normalized spacial score (nSPS) is 22.6. The van der Waals surface area contributed by atoms with Crippen LogP contribution in [0.3, 0.4) is 0 Å². The zero-order valence-electron chi connectivity index (χ0n) is 18.5. The average molecular weight is 479 g/mol. The number of aromatic amines is 1. The van der Waals surface area contributed by atoms with Crippen molar-refractivity contribution in [3.8, 4) is 5.75 Å². The van der Waals surface area contributed by atoms with Gasteiger partial charge in [0.15, 0.2) is 0 Å². The Morgan fingerprint density at radius 3 is 2.59 bits per heavy atom. The number of rotatable bonds is 4. The minimum atomic E-state index is -4.89. The maximum atomic E-state index is 13.0. The number of amides is 2. The van der Waals surface area contributed by atoms with E-state index in [1.54, 1.807) is 0 Å². The third-order valence-corrected chi connectivity index (χ3v) is 5.76. The molecule has 0 radical (unpaired) electrons. The predicted molar refractivity (Wildman–Crippen MR) is 118 cm³/mol. The smallest absolute Gasteiger partial charge is 0.406 e. The van der Waals surface area contributed by atoms with E-state index in [4.69, 9.17) is 0 Å². The Labute approximate surface area is 192 Å². The number of carbonyl (C=O) groups excluding carboxylic acids is 2. The first-order valence-electron chi connectivity index (χ1n) is 10.8. The number of carbonyl (C=O) groups is 2. The van der Waals surface area contributed by atoms with Gasteiger partial charge in [-0.05, 0) is 30.4 Å². The molecule has 0 bridgehead atoms. The van der Waals surface area contributed by atoms with Crippen LogP contribution in [0.5, 0.6) is 5.75 Å². The molecule has 3 atom stereocenters. The van der Waals surface area contributed by atoms with E-state index < -0.39 is 35.4 Å². The van der Waals surface area contributed by atoms with Crippen LogP contribution >= 0.6 is 0 Å². The second-order valence-corrected chi connectivity index (χ2v) is 8.87. The molecule has 2 aliphatic heterocycles. The van der Waals surface area contributed by atoms with Crippen molar-refractivity contribution in [3.63, 3.8) is 0 Å². The van der Waals surface area contributed by atoms with Crippen molar-refractivity contribution in [3.05, 3.63) is 40.2 Å². The highest BCUT2D eigenvalue weighted by atomic mass is 19.4. The Kier molecular flexibility index (Phi) is 6.24. The predicted octanol–water partition coefficient (Wildman–Crippen LogP) is 3.22. The zero-order chi connectivity index (χ0) is 24.6. The van der Waals surface area contributed by atoms with Gasteiger partial charge in [-0.2, -0.15) is 4.98 Å². The lowest BCUT2D eigenvalue weighted by Crippen LogP contribution is -2.42. The first kappa shape index (κ1) is 23.6. The van der Waals surface area contributed by atoms with Crippen molar-refractivity contribution < 1.29 is 27.5 Å². The molecule has 0 saturated carbocycles. The van der Waals surface area contributed by atoms with Crippen LogP contribution in [0.25, 0.3) is 0 Å². The van der Waals surface area contributed by atoms with E-state index in [0.717, 1.165) is 18.6 Å². The van der Waals surface area contributed by atoms with Crippen LogP contribution in [0, 0.1) is 11.8 Å². The quantitative estimate of drug-likeness (QED) is 0.620. The summed E-state index contributed by atoms with van der Waals surface area (Å²) in [6.45, 7) is 5.60. The molecule has 1 aromatic heterocycles. The number of benzene rings is 1. The molecule has 3 N–H and O–H groups in total. The monoisotopic (exact) mass is 479 g/mol. The highest BCUT2D eigenvalue weighted by Gasteiger charge is 2.36. The lowest BCUT2D eigenvalue weighted by molar-refractivity contribution is -0.274. The number of H-pyrrole nitrogens is 1. The van der Waals surface area contributed by atoms with Crippen LogP contribution < -0.4 is 25.8 Å². The van der Waals surface area contributed by atoms with E-state index in [1.807, 2.05) is 4.90 Å². The van der Waals surface area contributed by atoms with E-state index in [9.17, 15) is 27.6 Å². The second-order valence-electron chi connectivity index (χ2n) is 8.87. The van der Waals surface area contributed by atoms with Gasteiger partial charge in [-0.25, -0.2) is 0 Å². The van der Waals surface area contributed by atoms with Crippen molar-refractivity contribution in [1.29, 1.82) is 0 Å². The number of piperidine rings is 1. The lowest BCUT2D eigenvalue weighted by Gasteiger charge is -2.35. The first-order chi connectivity index (χ1) is 16.0. The molecule has 1 fully saturated rings. The molecule has 2 aliphatic rings. The molecule has 2 aromatic rings. The number of nitrogens with zero attached hydrogens (tertiary/aromatic N) is 2. The van der Waals surface area contributed by atoms with Gasteiger partial charge in [0.1, 0.15) is 11.6 Å². The summed E-state index contributed by atoms with van der Waals surface area (Å²) in [5.41, 5.74) is -0.529. The average Bonchev–Trinajstić information content (AvgIpc) is 2.71. The van der Waals surface area contributed by atoms with E-state index >= 15 is 0 Å². The number of hydrogen-bond donors (Lipinski definition) is 3. The molecule has 3 heterocycles. The molecule has 4 rings (SSSR count). The number of nitrogens with one attached hydrogen (secondary N) is 3. The lowest BCUT2D eigenvalue weighted by atomic mass is 9.91. The van der Waals surface area contributed by atoms with Crippen molar-refractivity contribution in [2.24, 2.45) is 11.8 Å². The largest absolute Gasteiger partial charge is 0.573 e. The third-order valence-electron chi connectivity index (χ3n) is 5.76. The Bertz CT molecular complexity index is 1160. The fraction of sp³-hybridized carbons (Fsp3) is 0.455. The Morgan fingerprint density at radius 1 is 1.21 bits per heavy atom. The standard InChI is InChI=1S/C22H24F3N5O4/c1-11-6-12(2)10-30(9-11)21-28-18-17(20(33)29-21)15(8-16(31)27-18)19(32)26-13-4-3-5-14(7-13)34-22(23,24)25/h3-5,7,11-12,15H,6,8-10H2,1-2H3,(H,26,32)(H2,27,28,29,31,33). The number of halogens is 3. The molecule has 34 heavy (non-hydrogen) atoms. The number of alkyl halides is 3. The van der Waals surface area contributed by atoms with Crippen molar-refractivity contribution >= 4 is 29.3 Å². The molecule has 0 aliphatic carbocycles. The van der Waals surface area contributed by atoms with Crippen LogP contribution in [-0.4, -0.2) is 41.2 Å². The first-order valence-corrected chi connectivity index (χ1v) is 10.8. The number of hydrogen-bond acceptors (Lipinski definition) is 6. The number of ether oxygens (including phenoxy) is 1. The maximum Gasteiger partial charge on any atom is 0.573 e. The Balaban J connectivity index is 1.59. The molecule has 3 unspecified atom stereocenters. The maximum absolute atomic E-state index is 13.0. The van der Waals surface area contributed by atoms with Gasteiger partial charge in [-0.3, -0.25) is 19.4 Å². The van der Waals surface area contributed by atoms with Crippen LogP contribution in [-0.2, 0) is 9.59 Å². The van der Waals surface area contributed by atoms with Crippen LogP contribution in [0.4, 0.5) is 30.6 Å². The summed E-state index contributed by atoms with van der Waals surface area (Å²) < 4.78 is 41.3. The minimum Gasteiger partial charge on any atom is -0.406 e. The summed E-state index contributed by atoms with van der Waals surface area (Å²) in [5, 5.41) is 5.02. The third kappa shape index (κ3) is 5.32. The molecule has 2 amide bonds. The van der Waals surface area contributed by atoms with Gasteiger partial charge in [-0.1, -0.05) is 19.9 Å². The Hall–Kier alpha value is -3.57. The SMILES string of the molecule is CC1CC(C)CN(c2nc3c(c(=O)[nH]2)C(C(=O)Nc2cccc(OC(F)(F)F)c2)CC(=O)N3)C1. The van der Waals surface area contributed by atoms with Gasteiger partial charge >= 0.3 is 6.36 Å². The van der Waals surface area contributed by atoms with Gasteiger partial charge in [0.05, 0.1) is 11.5 Å². The van der Waals surface area contributed by atoms with E-state index in [0.29, 0.717) is 30.9 Å². The molecule has 182 valence electrons. The fourth-order valence-electron chi connectivity index (χ4n) is 4.57. The summed E-state index contributed by atoms with van der Waals surface area (Å²) in [4.78, 5) is 47.3. The van der Waals surface area contributed by atoms with Crippen LogP contribution in [0.2, 0.25) is 0 Å². The van der Waals surface area contributed by atoms with Crippen molar-refractivity contribution in [2.45, 2.75) is 39.0 Å². The molecule has 12 heteroatoms. The zero-order valence-corrected chi connectivity index (χ0v) is 18.5. The van der Waals surface area contributed by atoms with E-state index in [-0.39, 0.29) is 23.5 Å². The molecule has 1 aromatic carbocycles. The van der Waals surface area contributed by atoms with Crippen LogP contribution in [0.15, 0.2) is 29.1 Å². The van der Waals surface area contributed by atoms with Crippen LogP contribution in [0.1, 0.15) is 38.2 Å². The van der Waals surface area contributed by atoms with E-state index in [2.05, 4.69) is 39.2 Å². The molecule has 0 spiro atoms. The van der Waals surface area contributed by atoms with Gasteiger partial charge in [0.25, 0.3) is 5.56 Å². The van der Waals surface area contributed by atoms with Crippen molar-refractivity contribution in [1.82, 2.24) is 9.97 Å². The Morgan fingerprint density at radius 2 is 1.91 bits per heavy atom. The summed E-state index contributed by atoms with van der Waals surface area (Å²) >= 11 is 0. The molecule has 9 nitrogen and oxygen atoms in total. The van der Waals surface area contributed by atoms with Gasteiger partial charge in [0.2, 0.25) is 17.8 Å². The summed E-state index contributed by atoms with van der Waals surface area (Å²) in [7, 11) is 0. The number of fused-ring (bicyclic) bond motifs is 1. The minimum absolute atomic E-state index is 0.00153. The summed E-state index contributed by atoms with van der Waals surface area (Å²) in [6, 6.07) is 4.74. The van der Waals surface area contributed by atoms with Gasteiger partial charge in [-0.15, -0.1) is 13.2 Å². The molecule has 1 saturated heterocycles. The fourth-order valence-corrected chi connectivity index (χ4v) is 4.57.